The number of thioether (sulfide) groups is 1. The van der Waals surface area contributed by atoms with E-state index in [0.717, 1.165) is 4.90 Å². The molecule has 1 fully saturated rings. The third kappa shape index (κ3) is 3.06. The highest BCUT2D eigenvalue weighted by molar-refractivity contribution is 8.00. The van der Waals surface area contributed by atoms with Crippen molar-refractivity contribution in [2.24, 2.45) is 5.16 Å². The summed E-state index contributed by atoms with van der Waals surface area (Å²) in [5, 5.41) is 14.8. The fourth-order valence-electron chi connectivity index (χ4n) is 2.51. The molecule has 1 aromatic heterocycles. The average Bonchev–Trinajstić information content (AvgIpc) is 2.62. The molecule has 4 N–H and O–H groups in total. The molecule has 2 amide bonds. The number of nitrogens with zero attached hydrogens (tertiary/aromatic N) is 4. The summed E-state index contributed by atoms with van der Waals surface area (Å²) in [6, 6.07) is 0.552. The van der Waals surface area contributed by atoms with Crippen molar-refractivity contribution in [3.63, 3.8) is 0 Å². The molecular weight excluding hydrogens is 364 g/mol. The number of nitrogens with one attached hydrogen (secondary N) is 1. The van der Waals surface area contributed by atoms with Crippen molar-refractivity contribution in [3.05, 3.63) is 29.9 Å². The van der Waals surface area contributed by atoms with Gasteiger partial charge in [-0.15, -0.1) is 11.8 Å². The topological polar surface area (TPSA) is 160 Å². The number of hydrogen-bond acceptors (Lipinski definition) is 9. The molecule has 0 radical (unpaired) electrons. The second-order valence-electron chi connectivity index (χ2n) is 5.21. The number of anilines is 1. The van der Waals surface area contributed by atoms with E-state index >= 15 is 0 Å². The Labute approximate surface area is 151 Å². The van der Waals surface area contributed by atoms with Gasteiger partial charge >= 0.3 is 5.97 Å². The van der Waals surface area contributed by atoms with Crippen molar-refractivity contribution in [1.29, 1.82) is 0 Å². The van der Waals surface area contributed by atoms with Gasteiger partial charge < -0.3 is 21.0 Å². The number of aromatic nitrogens is 2. The SMILES string of the molecule is CON=C(C(=O)NC1C(=O)N2C(C(=O)O)=CCS[C@H]12)c1nccc(N)n1. The molecular formula is C14H14N6O5S. The van der Waals surface area contributed by atoms with Gasteiger partial charge in [0.2, 0.25) is 5.71 Å². The molecule has 2 atom stereocenters. The van der Waals surface area contributed by atoms with Crippen molar-refractivity contribution in [3.8, 4) is 0 Å². The minimum Gasteiger partial charge on any atom is -0.477 e. The summed E-state index contributed by atoms with van der Waals surface area (Å²) in [6.45, 7) is 0. The van der Waals surface area contributed by atoms with Crippen LogP contribution in [0.2, 0.25) is 0 Å². The van der Waals surface area contributed by atoms with Gasteiger partial charge in [-0.3, -0.25) is 14.5 Å². The van der Waals surface area contributed by atoms with Crippen molar-refractivity contribution in [2.75, 3.05) is 18.6 Å². The van der Waals surface area contributed by atoms with Gasteiger partial charge in [0.1, 0.15) is 30.0 Å². The molecule has 26 heavy (non-hydrogen) atoms. The standard InChI is InChI=1S/C14H14N6O5S/c1-25-19-8(10-16-4-2-7(15)17-10)11(21)18-9-12(22)20-6(14(23)24)3-5-26-13(9)20/h2-4,9,13H,5H2,1H3,(H,18,21)(H,23,24)(H2,15,16,17)/t9?,13-/m1/s1. The van der Waals surface area contributed by atoms with Gasteiger partial charge in [0.25, 0.3) is 11.8 Å². The summed E-state index contributed by atoms with van der Waals surface area (Å²) in [7, 11) is 1.25. The van der Waals surface area contributed by atoms with Crippen LogP contribution in [0.25, 0.3) is 0 Å². The largest absolute Gasteiger partial charge is 0.477 e. The first-order valence-corrected chi connectivity index (χ1v) is 8.38. The van der Waals surface area contributed by atoms with E-state index in [4.69, 9.17) is 10.8 Å². The fraction of sp³-hybridized carbons (Fsp3) is 0.286. The third-order valence-corrected chi connectivity index (χ3v) is 4.82. The van der Waals surface area contributed by atoms with Crippen molar-refractivity contribution < 1.29 is 24.3 Å². The van der Waals surface area contributed by atoms with Crippen LogP contribution in [-0.4, -0.2) is 67.7 Å². The summed E-state index contributed by atoms with van der Waals surface area (Å²) >= 11 is 1.34. The summed E-state index contributed by atoms with van der Waals surface area (Å²) < 4.78 is 0. The molecule has 2 aliphatic heterocycles. The van der Waals surface area contributed by atoms with E-state index in [9.17, 15) is 14.4 Å². The van der Waals surface area contributed by atoms with Gasteiger partial charge in [-0.25, -0.2) is 14.8 Å². The minimum atomic E-state index is -1.19. The first-order chi connectivity index (χ1) is 12.4. The molecule has 11 nitrogen and oxygen atoms in total. The number of β-lactam (4-membered cyclic amide) rings is 1. The van der Waals surface area contributed by atoms with Gasteiger partial charge in [-0.05, 0) is 12.1 Å². The van der Waals surface area contributed by atoms with Crippen LogP contribution in [0.4, 0.5) is 5.82 Å². The van der Waals surface area contributed by atoms with E-state index in [1.54, 1.807) is 0 Å². The molecule has 136 valence electrons. The lowest BCUT2D eigenvalue weighted by Crippen LogP contribution is -2.70. The highest BCUT2D eigenvalue weighted by Crippen LogP contribution is 2.37. The zero-order valence-electron chi connectivity index (χ0n) is 13.4. The van der Waals surface area contributed by atoms with Gasteiger partial charge in [-0.1, -0.05) is 5.16 Å². The zero-order chi connectivity index (χ0) is 18.8. The highest BCUT2D eigenvalue weighted by Gasteiger charge is 2.53. The van der Waals surface area contributed by atoms with E-state index in [1.165, 1.54) is 37.2 Å². The van der Waals surface area contributed by atoms with E-state index in [-0.39, 0.29) is 23.1 Å². The maximum absolute atomic E-state index is 12.5. The molecule has 0 spiro atoms. The maximum Gasteiger partial charge on any atom is 0.352 e. The molecule has 1 unspecified atom stereocenters. The Morgan fingerprint density at radius 1 is 1.54 bits per heavy atom. The number of amides is 2. The molecule has 3 rings (SSSR count). The van der Waals surface area contributed by atoms with Crippen molar-refractivity contribution >= 4 is 41.1 Å². The molecule has 3 heterocycles. The smallest absolute Gasteiger partial charge is 0.352 e. The molecule has 2 aliphatic rings. The first kappa shape index (κ1) is 17.7. The summed E-state index contributed by atoms with van der Waals surface area (Å²) in [4.78, 5) is 49.6. The Morgan fingerprint density at radius 2 is 2.31 bits per heavy atom. The number of rotatable bonds is 5. The summed E-state index contributed by atoms with van der Waals surface area (Å²) in [5.74, 6) is -1.95. The monoisotopic (exact) mass is 378 g/mol. The lowest BCUT2D eigenvalue weighted by atomic mass is 10.0. The number of fused-ring (bicyclic) bond motifs is 1. The number of carboxylic acids is 1. The van der Waals surface area contributed by atoms with Crippen molar-refractivity contribution in [2.45, 2.75) is 11.4 Å². The molecule has 0 bridgehead atoms. The molecule has 1 aromatic rings. The van der Waals surface area contributed by atoms with E-state index in [2.05, 4.69) is 25.3 Å². The predicted octanol–water partition coefficient (Wildman–Crippen LogP) is -1.22. The van der Waals surface area contributed by atoms with Crippen LogP contribution in [0.5, 0.6) is 0 Å². The summed E-state index contributed by atoms with van der Waals surface area (Å²) in [5.41, 5.74) is 5.24. The van der Waals surface area contributed by atoms with E-state index in [1.807, 2.05) is 0 Å². The second kappa shape index (κ2) is 7.00. The molecule has 0 aliphatic carbocycles. The number of carbonyl (C=O) groups excluding carboxylic acids is 2. The van der Waals surface area contributed by atoms with E-state index in [0.29, 0.717) is 5.75 Å². The Kier molecular flexibility index (Phi) is 4.75. The number of nitrogen functional groups attached to an aromatic ring is 1. The van der Waals surface area contributed by atoms with Crippen LogP contribution < -0.4 is 11.1 Å². The number of nitrogens with two attached hydrogens (primary N) is 1. The molecule has 0 aromatic carbocycles. The van der Waals surface area contributed by atoms with Gasteiger partial charge in [-0.2, -0.15) is 0 Å². The number of carboxylic acid groups (broad SMARTS) is 1. The molecule has 12 heteroatoms. The lowest BCUT2D eigenvalue weighted by Gasteiger charge is -2.48. The Balaban J connectivity index is 1.77. The number of aliphatic carboxylic acids is 1. The Morgan fingerprint density at radius 3 is 2.96 bits per heavy atom. The highest BCUT2D eigenvalue weighted by atomic mass is 32.2. The second-order valence-corrected chi connectivity index (χ2v) is 6.36. The van der Waals surface area contributed by atoms with Crippen LogP contribution >= 0.6 is 11.8 Å². The maximum atomic E-state index is 12.5. The van der Waals surface area contributed by atoms with Crippen LogP contribution in [0.15, 0.2) is 29.2 Å². The van der Waals surface area contributed by atoms with Crippen LogP contribution in [0.1, 0.15) is 5.82 Å². The first-order valence-electron chi connectivity index (χ1n) is 7.33. The zero-order valence-corrected chi connectivity index (χ0v) is 14.3. The fourth-order valence-corrected chi connectivity index (χ4v) is 3.70. The molecule has 0 saturated carbocycles. The predicted molar refractivity (Wildman–Crippen MR) is 90.7 cm³/mol. The summed E-state index contributed by atoms with van der Waals surface area (Å²) in [6.07, 6.45) is 2.81. The lowest BCUT2D eigenvalue weighted by molar-refractivity contribution is -0.150. The van der Waals surface area contributed by atoms with Crippen molar-refractivity contribution in [1.82, 2.24) is 20.2 Å². The van der Waals surface area contributed by atoms with Gasteiger partial charge in [0, 0.05) is 11.9 Å². The van der Waals surface area contributed by atoms with Crippen LogP contribution in [-0.2, 0) is 19.2 Å². The van der Waals surface area contributed by atoms with Gasteiger partial charge in [0.05, 0.1) is 0 Å². The van der Waals surface area contributed by atoms with Crippen LogP contribution in [0, 0.1) is 0 Å². The number of hydrogen-bond donors (Lipinski definition) is 3. The molecule has 1 saturated heterocycles. The quantitative estimate of drug-likeness (QED) is 0.324. The number of carbonyl (C=O) groups is 3. The normalized spacial score (nSPS) is 22.0. The Hall–Kier alpha value is -3.15. The third-order valence-electron chi connectivity index (χ3n) is 3.64. The number of oxime groups is 1. The van der Waals surface area contributed by atoms with Crippen LogP contribution in [0.3, 0.4) is 0 Å². The average molecular weight is 378 g/mol. The Bertz CT molecular complexity index is 841. The van der Waals surface area contributed by atoms with E-state index < -0.39 is 29.2 Å². The van der Waals surface area contributed by atoms with Gasteiger partial charge in [0.15, 0.2) is 5.82 Å². The minimum absolute atomic E-state index is 0.0598.